The Labute approximate surface area is 108 Å². The van der Waals surface area contributed by atoms with Crippen LogP contribution < -0.4 is 0 Å². The minimum Gasteiger partial charge on any atom is -0.461 e. The highest BCUT2D eigenvalue weighted by Gasteiger charge is 2.01. The van der Waals surface area contributed by atoms with E-state index in [1.807, 2.05) is 38.0 Å². The fourth-order valence-electron chi connectivity index (χ4n) is 0.890. The van der Waals surface area contributed by atoms with Crippen molar-refractivity contribution in [3.63, 3.8) is 0 Å². The molecule has 0 spiro atoms. The molecule has 0 fully saturated rings. The number of nitrogens with zero attached hydrogens (tertiary/aromatic N) is 2. The quantitative estimate of drug-likeness (QED) is 0.442. The highest BCUT2D eigenvalue weighted by atomic mass is 16.5. The molecular weight excluding hydrogens is 236 g/mol. The van der Waals surface area contributed by atoms with Gasteiger partial charge in [-0.25, -0.2) is 9.59 Å². The lowest BCUT2D eigenvalue weighted by atomic mass is 10.5. The zero-order chi connectivity index (χ0) is 14.0. The fourth-order valence-corrected chi connectivity index (χ4v) is 0.890. The summed E-state index contributed by atoms with van der Waals surface area (Å²) in [6, 6.07) is 0. The van der Waals surface area contributed by atoms with Gasteiger partial charge in [-0.1, -0.05) is 0 Å². The van der Waals surface area contributed by atoms with Crippen LogP contribution in [-0.4, -0.2) is 76.2 Å². The monoisotopic (exact) mass is 258 g/mol. The predicted octanol–water partition coefficient (Wildman–Crippen LogP) is -0.248. The van der Waals surface area contributed by atoms with E-state index in [-0.39, 0.29) is 0 Å². The van der Waals surface area contributed by atoms with Gasteiger partial charge in [0.25, 0.3) is 0 Å². The van der Waals surface area contributed by atoms with Gasteiger partial charge in [-0.15, -0.1) is 0 Å². The molecule has 6 nitrogen and oxygen atoms in total. The predicted molar refractivity (Wildman–Crippen MR) is 68.2 cm³/mol. The maximum Gasteiger partial charge on any atom is 0.331 e. The Balaban J connectivity index is 3.71. The first-order valence-electron chi connectivity index (χ1n) is 5.73. The number of ether oxygens (including phenoxy) is 2. The summed E-state index contributed by atoms with van der Waals surface area (Å²) in [5.74, 6) is -1.08. The van der Waals surface area contributed by atoms with Crippen molar-refractivity contribution in [2.75, 3.05) is 54.5 Å². The average molecular weight is 258 g/mol. The molecule has 0 N–H and O–H groups in total. The maximum absolute atomic E-state index is 11.2. The number of rotatable bonds is 8. The summed E-state index contributed by atoms with van der Waals surface area (Å²) >= 11 is 0. The van der Waals surface area contributed by atoms with Crippen LogP contribution in [0.15, 0.2) is 12.2 Å². The van der Waals surface area contributed by atoms with Gasteiger partial charge in [-0.05, 0) is 28.2 Å². The number of esters is 2. The van der Waals surface area contributed by atoms with Gasteiger partial charge in [0.15, 0.2) is 0 Å². The molecule has 0 aromatic carbocycles. The lowest BCUT2D eigenvalue weighted by molar-refractivity contribution is -0.140. The molecule has 6 heteroatoms. The third-order valence-electron chi connectivity index (χ3n) is 1.92. The van der Waals surface area contributed by atoms with Gasteiger partial charge < -0.3 is 19.3 Å². The van der Waals surface area contributed by atoms with Gasteiger partial charge in [0.1, 0.15) is 13.2 Å². The molecule has 0 unspecified atom stereocenters. The molecule has 0 aromatic rings. The van der Waals surface area contributed by atoms with Crippen molar-refractivity contribution in [3.8, 4) is 0 Å². The second-order valence-corrected chi connectivity index (χ2v) is 4.27. The topological polar surface area (TPSA) is 59.1 Å². The van der Waals surface area contributed by atoms with Gasteiger partial charge in [0.2, 0.25) is 0 Å². The Morgan fingerprint density at radius 3 is 1.44 bits per heavy atom. The molecule has 0 aliphatic rings. The number of hydrogen-bond donors (Lipinski definition) is 0. The summed E-state index contributed by atoms with van der Waals surface area (Å²) in [7, 11) is 7.52. The van der Waals surface area contributed by atoms with Gasteiger partial charge in [-0.2, -0.15) is 0 Å². The Morgan fingerprint density at radius 2 is 1.17 bits per heavy atom. The number of likely N-dealkylation sites (N-methyl/N-ethyl adjacent to an activating group) is 2. The highest BCUT2D eigenvalue weighted by Crippen LogP contribution is 1.87. The molecule has 18 heavy (non-hydrogen) atoms. The number of carbonyl (C=O) groups is 2. The van der Waals surface area contributed by atoms with E-state index in [9.17, 15) is 9.59 Å². The van der Waals surface area contributed by atoms with Crippen LogP contribution in [0.4, 0.5) is 0 Å². The minimum absolute atomic E-state index is 0.297. The van der Waals surface area contributed by atoms with Crippen molar-refractivity contribution in [1.29, 1.82) is 0 Å². The smallest absolute Gasteiger partial charge is 0.331 e. The molecule has 0 bridgehead atoms. The van der Waals surface area contributed by atoms with Crippen LogP contribution in [0, 0.1) is 0 Å². The summed E-state index contributed by atoms with van der Waals surface area (Å²) in [5.41, 5.74) is 0. The zero-order valence-electron chi connectivity index (χ0n) is 11.5. The van der Waals surface area contributed by atoms with E-state index in [4.69, 9.17) is 9.47 Å². The van der Waals surface area contributed by atoms with Crippen LogP contribution in [0.5, 0.6) is 0 Å². The van der Waals surface area contributed by atoms with Crippen LogP contribution >= 0.6 is 0 Å². The average Bonchev–Trinajstić information content (AvgIpc) is 2.25. The fraction of sp³-hybridized carbons (Fsp3) is 0.667. The van der Waals surface area contributed by atoms with Crippen LogP contribution in [0.3, 0.4) is 0 Å². The van der Waals surface area contributed by atoms with Crippen molar-refractivity contribution in [1.82, 2.24) is 9.80 Å². The van der Waals surface area contributed by atoms with Crippen LogP contribution in [0.1, 0.15) is 0 Å². The molecule has 0 aromatic heterocycles. The zero-order valence-corrected chi connectivity index (χ0v) is 11.5. The van der Waals surface area contributed by atoms with Crippen molar-refractivity contribution in [2.24, 2.45) is 0 Å². The summed E-state index contributed by atoms with van der Waals surface area (Å²) in [6.45, 7) is 1.89. The highest BCUT2D eigenvalue weighted by molar-refractivity contribution is 5.91. The standard InChI is InChI=1S/C12H22N2O4/c1-13(2)7-9-17-11(15)5-6-12(16)18-10-8-14(3)4/h5-6H,7-10H2,1-4H3/b6-5-. The normalized spacial score (nSPS) is 11.2. The molecule has 0 saturated carbocycles. The molecule has 0 radical (unpaired) electrons. The lowest BCUT2D eigenvalue weighted by Crippen LogP contribution is -2.20. The first kappa shape index (κ1) is 16.6. The SMILES string of the molecule is CN(C)CCOC(=O)/C=C\C(=O)OCCN(C)C. The molecular formula is C12H22N2O4. The number of hydrogen-bond acceptors (Lipinski definition) is 6. The van der Waals surface area contributed by atoms with Gasteiger partial charge in [-0.3, -0.25) is 0 Å². The number of carbonyl (C=O) groups excluding carboxylic acids is 2. The second kappa shape index (κ2) is 9.61. The Morgan fingerprint density at radius 1 is 0.833 bits per heavy atom. The molecule has 0 amide bonds. The van der Waals surface area contributed by atoms with E-state index in [1.165, 1.54) is 0 Å². The molecule has 0 aliphatic carbocycles. The minimum atomic E-state index is -0.540. The lowest BCUT2D eigenvalue weighted by Gasteiger charge is -2.09. The summed E-state index contributed by atoms with van der Waals surface area (Å²) in [5, 5.41) is 0. The largest absolute Gasteiger partial charge is 0.461 e. The first-order valence-corrected chi connectivity index (χ1v) is 5.73. The van der Waals surface area contributed by atoms with Crippen molar-refractivity contribution in [2.45, 2.75) is 0 Å². The van der Waals surface area contributed by atoms with E-state index in [2.05, 4.69) is 0 Å². The van der Waals surface area contributed by atoms with Crippen LogP contribution in [0.25, 0.3) is 0 Å². The van der Waals surface area contributed by atoms with E-state index < -0.39 is 11.9 Å². The molecule has 0 saturated heterocycles. The summed E-state index contributed by atoms with van der Waals surface area (Å²) < 4.78 is 9.73. The molecule has 104 valence electrons. The Bertz CT molecular complexity index is 260. The maximum atomic E-state index is 11.2. The molecule has 0 heterocycles. The van der Waals surface area contributed by atoms with E-state index >= 15 is 0 Å². The van der Waals surface area contributed by atoms with E-state index in [0.29, 0.717) is 26.3 Å². The van der Waals surface area contributed by atoms with Crippen LogP contribution in [-0.2, 0) is 19.1 Å². The van der Waals surface area contributed by atoms with Crippen molar-refractivity contribution in [3.05, 3.63) is 12.2 Å². The third-order valence-corrected chi connectivity index (χ3v) is 1.92. The van der Waals surface area contributed by atoms with Crippen molar-refractivity contribution < 1.29 is 19.1 Å². The third kappa shape index (κ3) is 11.1. The first-order chi connectivity index (χ1) is 8.41. The molecule has 0 rings (SSSR count). The van der Waals surface area contributed by atoms with Gasteiger partial charge in [0.05, 0.1) is 0 Å². The van der Waals surface area contributed by atoms with Gasteiger partial charge in [0, 0.05) is 25.2 Å². The van der Waals surface area contributed by atoms with Gasteiger partial charge >= 0.3 is 11.9 Å². The molecule has 0 atom stereocenters. The Hall–Kier alpha value is -1.40. The summed E-state index contributed by atoms with van der Waals surface area (Å²) in [6.07, 6.45) is 2.15. The van der Waals surface area contributed by atoms with Crippen LogP contribution in [0.2, 0.25) is 0 Å². The summed E-state index contributed by atoms with van der Waals surface area (Å²) in [4.78, 5) is 26.1. The van der Waals surface area contributed by atoms with E-state index in [1.54, 1.807) is 0 Å². The van der Waals surface area contributed by atoms with Crippen molar-refractivity contribution >= 4 is 11.9 Å². The second-order valence-electron chi connectivity index (χ2n) is 4.27. The molecule has 0 aliphatic heterocycles. The van der Waals surface area contributed by atoms with E-state index in [0.717, 1.165) is 12.2 Å². The Kier molecular flexibility index (Phi) is 8.86.